The van der Waals surface area contributed by atoms with Crippen molar-refractivity contribution >= 4 is 16.3 Å². The van der Waals surface area contributed by atoms with Crippen molar-refractivity contribution in [2.75, 3.05) is 6.61 Å². The van der Waals surface area contributed by atoms with Gasteiger partial charge in [-0.1, -0.05) is 35.1 Å². The zero-order valence-corrected chi connectivity index (χ0v) is 11.5. The molecule has 4 N–H and O–H groups in total. The lowest BCUT2D eigenvalue weighted by molar-refractivity contribution is -0.231. The zero-order chi connectivity index (χ0) is 14.0. The molecule has 0 unspecified atom stereocenters. The van der Waals surface area contributed by atoms with E-state index in [4.69, 9.17) is 9.84 Å². The van der Waals surface area contributed by atoms with Crippen LogP contribution in [0.3, 0.4) is 0 Å². The number of benzene rings is 1. The third-order valence-electron chi connectivity index (χ3n) is 3.41. The van der Waals surface area contributed by atoms with Gasteiger partial charge in [-0.15, -0.1) is 0 Å². The smallest absolute Gasteiger partial charge is 0.125 e. The molecule has 102 valence electrons. The molecule has 0 aliphatic carbocycles. The third kappa shape index (κ3) is 3.01. The van der Waals surface area contributed by atoms with Gasteiger partial charge in [0.2, 0.25) is 0 Å². The minimum atomic E-state index is -1.34. The number of aliphatic hydroxyl groups is 4. The van der Waals surface area contributed by atoms with Crippen LogP contribution in [-0.2, 0) is 10.0 Å². The van der Waals surface area contributed by atoms with E-state index in [0.29, 0.717) is 0 Å². The Morgan fingerprint density at radius 2 is 1.84 bits per heavy atom. The molecule has 1 aromatic rings. The van der Waals surface area contributed by atoms with Gasteiger partial charge in [0.25, 0.3) is 0 Å². The van der Waals surface area contributed by atoms with Crippen LogP contribution in [0.2, 0.25) is 0 Å². The molecule has 1 heterocycles. The summed E-state index contributed by atoms with van der Waals surface area (Å²) in [5.41, 5.74) is 1.77. The quantitative estimate of drug-likeness (QED) is 0.526. The van der Waals surface area contributed by atoms with Crippen LogP contribution in [0.25, 0.3) is 0 Å². The van der Waals surface area contributed by atoms with Crippen molar-refractivity contribution in [3.8, 4) is 0 Å². The minimum absolute atomic E-state index is 0.412. The second-order valence-corrected chi connectivity index (χ2v) is 5.11. The molecule has 0 saturated carbocycles. The molecular weight excluding hydrogens is 263 g/mol. The maximum absolute atomic E-state index is 10.0. The average molecular weight is 280 g/mol. The lowest BCUT2D eigenvalue weighted by Crippen LogP contribution is -2.55. The van der Waals surface area contributed by atoms with Crippen LogP contribution >= 0.6 is 0 Å². The highest BCUT2D eigenvalue weighted by molar-refractivity contribution is 6.08. The molecule has 1 saturated heterocycles. The highest BCUT2D eigenvalue weighted by Gasteiger charge is 2.43. The van der Waals surface area contributed by atoms with Crippen molar-refractivity contribution in [2.45, 2.75) is 35.8 Å². The van der Waals surface area contributed by atoms with E-state index in [1.165, 1.54) is 0 Å². The highest BCUT2D eigenvalue weighted by Crippen LogP contribution is 2.32. The van der Waals surface area contributed by atoms with Gasteiger partial charge in [0.1, 0.15) is 46.8 Å². The van der Waals surface area contributed by atoms with Gasteiger partial charge in [0.15, 0.2) is 0 Å². The Hall–Kier alpha value is -0.448. The number of rotatable bonds is 3. The van der Waals surface area contributed by atoms with Crippen molar-refractivity contribution < 1.29 is 25.2 Å². The second-order valence-electron chi connectivity index (χ2n) is 4.70. The fraction of sp³-hybridized carbons (Fsp3) is 0.538. The summed E-state index contributed by atoms with van der Waals surface area (Å²) in [7, 11) is 0. The van der Waals surface area contributed by atoms with Crippen molar-refractivity contribution in [2.24, 2.45) is 0 Å². The van der Waals surface area contributed by atoms with Crippen LogP contribution in [0.4, 0.5) is 0 Å². The maximum atomic E-state index is 10.0. The average Bonchev–Trinajstić information content (AvgIpc) is 2.45. The lowest BCUT2D eigenvalue weighted by Gasteiger charge is -2.40. The van der Waals surface area contributed by atoms with E-state index in [0.717, 1.165) is 16.4 Å². The highest BCUT2D eigenvalue weighted by atomic mass is 27.0. The molecule has 1 aliphatic heterocycles. The molecule has 0 spiro atoms. The number of ether oxygens (including phenoxy) is 1. The van der Waals surface area contributed by atoms with Crippen LogP contribution < -0.4 is 0 Å². The van der Waals surface area contributed by atoms with Gasteiger partial charge < -0.3 is 25.2 Å². The summed E-state index contributed by atoms with van der Waals surface area (Å²) < 4.78 is 5.50. The normalized spacial score (nSPS) is 35.3. The lowest BCUT2D eigenvalue weighted by atomic mass is 9.91. The Kier molecular flexibility index (Phi) is 4.98. The first kappa shape index (κ1) is 15.0. The first-order valence-corrected chi connectivity index (χ1v) is 6.99. The summed E-state index contributed by atoms with van der Waals surface area (Å²) in [6, 6.07) is 7.45. The topological polar surface area (TPSA) is 90.2 Å². The predicted molar refractivity (Wildman–Crippen MR) is 68.6 cm³/mol. The summed E-state index contributed by atoms with van der Waals surface area (Å²) in [6.07, 6.45) is -5.51. The van der Waals surface area contributed by atoms with Crippen LogP contribution in [0.5, 0.6) is 0 Å². The number of hydrogen-bond donors (Lipinski definition) is 4. The van der Waals surface area contributed by atoms with E-state index in [1.54, 1.807) is 6.07 Å². The molecule has 1 aliphatic rings. The Labute approximate surface area is 119 Å². The van der Waals surface area contributed by atoms with Crippen molar-refractivity contribution in [3.05, 3.63) is 35.4 Å². The Balaban J connectivity index is 2.26. The molecule has 6 heteroatoms. The van der Waals surface area contributed by atoms with E-state index in [2.05, 4.69) is 16.3 Å². The largest absolute Gasteiger partial charge is 0.394 e. The number of hydrogen-bond acceptors (Lipinski definition) is 5. The van der Waals surface area contributed by atoms with Gasteiger partial charge in [0.05, 0.1) is 6.61 Å². The molecule has 5 atom stereocenters. The number of aliphatic hydroxyl groups excluding tert-OH is 4. The summed E-state index contributed by atoms with van der Waals surface area (Å²) >= 11 is 2.61. The van der Waals surface area contributed by atoms with Gasteiger partial charge >= 0.3 is 0 Å². The Morgan fingerprint density at radius 3 is 2.47 bits per heavy atom. The van der Waals surface area contributed by atoms with Crippen molar-refractivity contribution in [1.82, 2.24) is 0 Å². The van der Waals surface area contributed by atoms with Crippen molar-refractivity contribution in [3.63, 3.8) is 0 Å². The zero-order valence-electron chi connectivity index (χ0n) is 10.4. The minimum Gasteiger partial charge on any atom is -0.394 e. The maximum Gasteiger partial charge on any atom is 0.125 e. The van der Waals surface area contributed by atoms with Crippen molar-refractivity contribution in [1.29, 1.82) is 0 Å². The molecule has 2 rings (SSSR count). The van der Waals surface area contributed by atoms with E-state index in [9.17, 15) is 15.3 Å². The molecule has 5 nitrogen and oxygen atoms in total. The standard InChI is InChI=1S/C13H17O5.Al/c1-7-3-2-4-8(5-7)13-12(17)11(16)10(15)9(6-14)18-13;/h2-5,9-17H,1,6H2;/t9-,10-,11+,12-,13+;/m1./s1. The van der Waals surface area contributed by atoms with Gasteiger partial charge in [0, 0.05) is 0 Å². The van der Waals surface area contributed by atoms with Gasteiger partial charge in [-0.25, -0.2) is 0 Å². The van der Waals surface area contributed by atoms with E-state index < -0.39 is 37.1 Å². The van der Waals surface area contributed by atoms with Crippen LogP contribution in [0, 0.1) is 0 Å². The van der Waals surface area contributed by atoms with E-state index in [-0.39, 0.29) is 0 Å². The predicted octanol–water partition coefficient (Wildman–Crippen LogP) is -1.13. The monoisotopic (exact) mass is 280 g/mol. The SMILES string of the molecule is OC[C@H]1O[C@@H](c2cccc([CH2][Al])c2)[C@H](O)[C@@H](O)[C@@H]1O. The van der Waals surface area contributed by atoms with Gasteiger partial charge in [-0.05, 0) is 5.56 Å². The second kappa shape index (κ2) is 6.33. The van der Waals surface area contributed by atoms with E-state index in [1.807, 2.05) is 18.2 Å². The molecular formula is C13H17AlO5. The molecule has 1 aromatic carbocycles. The fourth-order valence-electron chi connectivity index (χ4n) is 2.27. The molecule has 19 heavy (non-hydrogen) atoms. The molecule has 0 bridgehead atoms. The van der Waals surface area contributed by atoms with Crippen LogP contribution in [-0.4, -0.2) is 67.7 Å². The molecule has 1 fully saturated rings. The van der Waals surface area contributed by atoms with Crippen LogP contribution in [0.15, 0.2) is 24.3 Å². The summed E-state index contributed by atoms with van der Waals surface area (Å²) in [4.78, 5) is 0. The van der Waals surface area contributed by atoms with Crippen LogP contribution in [0.1, 0.15) is 17.2 Å². The van der Waals surface area contributed by atoms with Gasteiger partial charge in [-0.3, -0.25) is 0 Å². The summed E-state index contributed by atoms with van der Waals surface area (Å²) in [5.74, 6) is 0. The molecule has 2 radical (unpaired) electrons. The molecule has 0 amide bonds. The van der Waals surface area contributed by atoms with Gasteiger partial charge in [-0.2, -0.15) is 0 Å². The third-order valence-corrected chi connectivity index (χ3v) is 3.88. The first-order valence-electron chi connectivity index (χ1n) is 6.18. The Bertz CT molecular complexity index is 425. The summed E-state index contributed by atoms with van der Waals surface area (Å²) in [5, 5.41) is 39.4. The fourth-order valence-corrected chi connectivity index (χ4v) is 2.53. The Morgan fingerprint density at radius 1 is 1.11 bits per heavy atom. The first-order chi connectivity index (χ1) is 9.08. The molecule has 0 aromatic heterocycles. The van der Waals surface area contributed by atoms with E-state index >= 15 is 0 Å². The summed E-state index contributed by atoms with van der Waals surface area (Å²) in [6.45, 7) is -0.412.